The molecule has 19 heavy (non-hydrogen) atoms. The highest BCUT2D eigenvalue weighted by Gasteiger charge is 2.19. The third kappa shape index (κ3) is 3.05. The fourth-order valence-corrected chi connectivity index (χ4v) is 1.89. The van der Waals surface area contributed by atoms with Gasteiger partial charge in [-0.1, -0.05) is 39.0 Å². The van der Waals surface area contributed by atoms with Crippen molar-refractivity contribution in [3.8, 4) is 11.5 Å². The Morgan fingerprint density at radius 1 is 1.00 bits per heavy atom. The van der Waals surface area contributed by atoms with E-state index >= 15 is 0 Å². The zero-order chi connectivity index (χ0) is 14.0. The van der Waals surface area contributed by atoms with Crippen molar-refractivity contribution in [3.63, 3.8) is 0 Å². The van der Waals surface area contributed by atoms with Gasteiger partial charge in [-0.3, -0.25) is 0 Å². The summed E-state index contributed by atoms with van der Waals surface area (Å²) in [5.41, 5.74) is 7.22. The van der Waals surface area contributed by atoms with Crippen LogP contribution in [-0.4, -0.2) is 0 Å². The van der Waals surface area contributed by atoms with E-state index in [1.54, 1.807) is 0 Å². The molecule has 2 aromatic rings. The van der Waals surface area contributed by atoms with E-state index in [0.29, 0.717) is 17.2 Å². The van der Waals surface area contributed by atoms with E-state index in [0.717, 1.165) is 5.56 Å². The quantitative estimate of drug-likeness (QED) is 0.806. The predicted molar refractivity (Wildman–Crippen MR) is 76.0 cm³/mol. The lowest BCUT2D eigenvalue weighted by Gasteiger charge is -2.22. The van der Waals surface area contributed by atoms with Crippen LogP contribution in [-0.2, 0) is 5.41 Å². The van der Waals surface area contributed by atoms with Crippen LogP contribution in [0.25, 0.3) is 0 Å². The molecule has 0 amide bonds. The number of halogens is 1. The topological polar surface area (TPSA) is 35.2 Å². The van der Waals surface area contributed by atoms with E-state index in [9.17, 15) is 4.39 Å². The van der Waals surface area contributed by atoms with Crippen LogP contribution in [0.3, 0.4) is 0 Å². The minimum Gasteiger partial charge on any atom is -0.455 e. The molecule has 0 radical (unpaired) electrons. The van der Waals surface area contributed by atoms with Crippen LogP contribution in [0, 0.1) is 5.82 Å². The molecular weight excluding hydrogens is 241 g/mol. The summed E-state index contributed by atoms with van der Waals surface area (Å²) < 4.78 is 19.0. The lowest BCUT2D eigenvalue weighted by molar-refractivity contribution is 0.453. The summed E-state index contributed by atoms with van der Waals surface area (Å²) in [6.07, 6.45) is 0. The van der Waals surface area contributed by atoms with E-state index in [4.69, 9.17) is 10.5 Å². The van der Waals surface area contributed by atoms with Gasteiger partial charge in [0.15, 0.2) is 5.75 Å². The van der Waals surface area contributed by atoms with Crippen molar-refractivity contribution >= 4 is 5.69 Å². The van der Waals surface area contributed by atoms with E-state index < -0.39 is 0 Å². The second kappa shape index (κ2) is 4.92. The van der Waals surface area contributed by atoms with Crippen LogP contribution in [0.2, 0.25) is 0 Å². The van der Waals surface area contributed by atoms with Gasteiger partial charge in [-0.25, -0.2) is 4.39 Å². The molecular formula is C16H18FNO. The Bertz CT molecular complexity index is 588. The van der Waals surface area contributed by atoms with Gasteiger partial charge in [0.1, 0.15) is 11.6 Å². The highest BCUT2D eigenvalue weighted by molar-refractivity contribution is 5.55. The van der Waals surface area contributed by atoms with Crippen LogP contribution >= 0.6 is 0 Å². The molecule has 0 fully saturated rings. The molecule has 100 valence electrons. The first-order chi connectivity index (χ1) is 8.88. The fraction of sp³-hybridized carbons (Fsp3) is 0.250. The smallest absolute Gasteiger partial charge is 0.153 e. The first kappa shape index (κ1) is 13.4. The molecule has 0 unspecified atom stereocenters. The molecule has 0 heterocycles. The Morgan fingerprint density at radius 2 is 1.68 bits per heavy atom. The summed E-state index contributed by atoms with van der Waals surface area (Å²) in [5, 5.41) is 0. The third-order valence-electron chi connectivity index (χ3n) is 2.89. The summed E-state index contributed by atoms with van der Waals surface area (Å²) in [5.74, 6) is 0.682. The lowest BCUT2D eigenvalue weighted by atomic mass is 9.86. The van der Waals surface area contributed by atoms with Gasteiger partial charge >= 0.3 is 0 Å². The number of para-hydroxylation sites is 1. The van der Waals surface area contributed by atoms with Gasteiger partial charge in [0.2, 0.25) is 0 Å². The highest BCUT2D eigenvalue weighted by Crippen LogP contribution is 2.35. The number of benzene rings is 2. The molecule has 0 saturated heterocycles. The van der Waals surface area contributed by atoms with Crippen LogP contribution in [0.5, 0.6) is 11.5 Å². The Hall–Kier alpha value is -2.03. The zero-order valence-electron chi connectivity index (χ0n) is 11.4. The number of anilines is 1. The molecule has 0 bridgehead atoms. The Labute approximate surface area is 113 Å². The number of rotatable bonds is 2. The van der Waals surface area contributed by atoms with Crippen LogP contribution < -0.4 is 10.5 Å². The normalized spacial score (nSPS) is 11.4. The first-order valence-electron chi connectivity index (χ1n) is 6.20. The fourth-order valence-electron chi connectivity index (χ4n) is 1.89. The van der Waals surface area contributed by atoms with E-state index in [1.165, 1.54) is 18.2 Å². The molecule has 0 spiro atoms. The largest absolute Gasteiger partial charge is 0.455 e. The van der Waals surface area contributed by atoms with Crippen LogP contribution in [0.1, 0.15) is 26.3 Å². The first-order valence-corrected chi connectivity index (χ1v) is 6.20. The van der Waals surface area contributed by atoms with Crippen molar-refractivity contribution in [2.45, 2.75) is 26.2 Å². The van der Waals surface area contributed by atoms with Crippen molar-refractivity contribution in [2.24, 2.45) is 0 Å². The molecule has 2 rings (SSSR count). The molecule has 0 aromatic heterocycles. The summed E-state index contributed by atoms with van der Waals surface area (Å²) in [6.45, 7) is 6.30. The molecule has 2 aromatic carbocycles. The van der Waals surface area contributed by atoms with Gasteiger partial charge in [-0.05, 0) is 23.6 Å². The average molecular weight is 259 g/mol. The third-order valence-corrected chi connectivity index (χ3v) is 2.89. The molecule has 0 saturated carbocycles. The standard InChI is InChI=1S/C16H18FNO/c1-16(2,3)12-6-4-5-7-14(12)19-15-10-11(17)8-9-13(15)18/h4-10H,18H2,1-3H3. The van der Waals surface area contributed by atoms with E-state index in [1.807, 2.05) is 24.3 Å². The summed E-state index contributed by atoms with van der Waals surface area (Å²) in [6, 6.07) is 11.8. The minimum atomic E-state index is -0.363. The maximum absolute atomic E-state index is 13.2. The molecule has 0 aliphatic carbocycles. The molecule has 2 N–H and O–H groups in total. The SMILES string of the molecule is CC(C)(C)c1ccccc1Oc1cc(F)ccc1N. The van der Waals surface area contributed by atoms with Crippen molar-refractivity contribution in [2.75, 3.05) is 5.73 Å². The van der Waals surface area contributed by atoms with Gasteiger partial charge in [0.05, 0.1) is 5.69 Å². The number of nitrogen functional groups attached to an aromatic ring is 1. The molecule has 0 aliphatic rings. The van der Waals surface area contributed by atoms with Crippen LogP contribution in [0.4, 0.5) is 10.1 Å². The lowest BCUT2D eigenvalue weighted by Crippen LogP contribution is -2.12. The maximum Gasteiger partial charge on any atom is 0.153 e. The Kier molecular flexibility index (Phi) is 3.47. The average Bonchev–Trinajstić information content (AvgIpc) is 2.33. The maximum atomic E-state index is 13.2. The number of nitrogens with two attached hydrogens (primary N) is 1. The summed E-state index contributed by atoms with van der Waals surface area (Å²) in [7, 11) is 0. The van der Waals surface area contributed by atoms with Crippen molar-refractivity contribution in [1.82, 2.24) is 0 Å². The highest BCUT2D eigenvalue weighted by atomic mass is 19.1. The van der Waals surface area contributed by atoms with Crippen molar-refractivity contribution < 1.29 is 9.13 Å². The van der Waals surface area contributed by atoms with E-state index in [2.05, 4.69) is 20.8 Å². The Balaban J connectivity index is 2.41. The van der Waals surface area contributed by atoms with Gasteiger partial charge in [0, 0.05) is 11.6 Å². The molecule has 2 nitrogen and oxygen atoms in total. The zero-order valence-corrected chi connectivity index (χ0v) is 11.4. The summed E-state index contributed by atoms with van der Waals surface area (Å²) in [4.78, 5) is 0. The number of hydrogen-bond acceptors (Lipinski definition) is 2. The second-order valence-corrected chi connectivity index (χ2v) is 5.53. The molecule has 0 aliphatic heterocycles. The Morgan fingerprint density at radius 3 is 2.37 bits per heavy atom. The van der Waals surface area contributed by atoms with Gasteiger partial charge in [-0.2, -0.15) is 0 Å². The van der Waals surface area contributed by atoms with Crippen molar-refractivity contribution in [1.29, 1.82) is 0 Å². The van der Waals surface area contributed by atoms with Gasteiger partial charge in [0.25, 0.3) is 0 Å². The van der Waals surface area contributed by atoms with Gasteiger partial charge < -0.3 is 10.5 Å². The number of ether oxygens (including phenoxy) is 1. The predicted octanol–water partition coefficient (Wildman–Crippen LogP) is 4.50. The van der Waals surface area contributed by atoms with Gasteiger partial charge in [-0.15, -0.1) is 0 Å². The van der Waals surface area contributed by atoms with Crippen molar-refractivity contribution in [3.05, 3.63) is 53.8 Å². The van der Waals surface area contributed by atoms with E-state index in [-0.39, 0.29) is 11.2 Å². The molecule has 0 atom stereocenters. The summed E-state index contributed by atoms with van der Waals surface area (Å²) >= 11 is 0. The monoisotopic (exact) mass is 259 g/mol. The van der Waals surface area contributed by atoms with Crippen LogP contribution in [0.15, 0.2) is 42.5 Å². The minimum absolute atomic E-state index is 0.0569. The number of hydrogen-bond donors (Lipinski definition) is 1. The molecule has 3 heteroatoms. The second-order valence-electron chi connectivity index (χ2n) is 5.53.